The highest BCUT2D eigenvalue weighted by Crippen LogP contribution is 2.21. The molecule has 0 saturated carbocycles. The number of hydrogen-bond donors (Lipinski definition) is 2. The monoisotopic (exact) mass is 317 g/mol. The fourth-order valence-electron chi connectivity index (χ4n) is 2.27. The lowest BCUT2D eigenvalue weighted by molar-refractivity contribution is 0.0519. The fraction of sp³-hybridized carbons (Fsp3) is 0.312. The Balaban J connectivity index is 2.23. The van der Waals surface area contributed by atoms with Crippen molar-refractivity contribution in [2.24, 2.45) is 0 Å². The average Bonchev–Trinajstić information content (AvgIpc) is 2.83. The summed E-state index contributed by atoms with van der Waals surface area (Å²) in [6.45, 7) is 5.44. The van der Waals surface area contributed by atoms with Crippen molar-refractivity contribution in [2.45, 2.75) is 20.8 Å². The van der Waals surface area contributed by atoms with Crippen molar-refractivity contribution in [1.82, 2.24) is 9.97 Å². The van der Waals surface area contributed by atoms with E-state index in [1.54, 1.807) is 32.9 Å². The van der Waals surface area contributed by atoms with Crippen molar-refractivity contribution in [2.75, 3.05) is 19.0 Å². The highest BCUT2D eigenvalue weighted by Gasteiger charge is 2.22. The molecule has 0 unspecified atom stereocenters. The fourth-order valence-corrected chi connectivity index (χ4v) is 2.27. The molecule has 0 radical (unpaired) electrons. The first kappa shape index (κ1) is 16.5. The number of nitrogens with zero attached hydrogens (tertiary/aromatic N) is 1. The molecule has 2 aromatic heterocycles. The Kier molecular flexibility index (Phi) is 5.00. The van der Waals surface area contributed by atoms with Gasteiger partial charge in [-0.15, -0.1) is 0 Å². The largest absolute Gasteiger partial charge is 0.481 e. The van der Waals surface area contributed by atoms with Crippen molar-refractivity contribution < 1.29 is 19.1 Å². The molecule has 0 saturated heterocycles. The Morgan fingerprint density at radius 3 is 2.61 bits per heavy atom. The zero-order valence-electron chi connectivity index (χ0n) is 13.5. The van der Waals surface area contributed by atoms with E-state index in [2.05, 4.69) is 15.3 Å². The number of nitrogens with one attached hydrogen (secondary N) is 2. The van der Waals surface area contributed by atoms with E-state index >= 15 is 0 Å². The molecule has 0 aliphatic rings. The normalized spacial score (nSPS) is 10.3. The lowest BCUT2D eigenvalue weighted by Crippen LogP contribution is -2.14. The molecule has 2 rings (SSSR count). The molecule has 2 aromatic rings. The van der Waals surface area contributed by atoms with Crippen LogP contribution in [0, 0.1) is 13.8 Å². The summed E-state index contributed by atoms with van der Waals surface area (Å²) < 4.78 is 9.94. The van der Waals surface area contributed by atoms with Crippen LogP contribution in [-0.4, -0.2) is 35.6 Å². The summed E-state index contributed by atoms with van der Waals surface area (Å²) in [5, 5.41) is 2.75. The van der Waals surface area contributed by atoms with Gasteiger partial charge in [-0.1, -0.05) is 0 Å². The van der Waals surface area contributed by atoms with Gasteiger partial charge in [-0.25, -0.2) is 9.78 Å². The molecule has 2 N–H and O–H groups in total. The van der Waals surface area contributed by atoms with Crippen molar-refractivity contribution in [1.29, 1.82) is 0 Å². The average molecular weight is 317 g/mol. The molecule has 0 aromatic carbocycles. The van der Waals surface area contributed by atoms with Crippen molar-refractivity contribution >= 4 is 17.6 Å². The number of anilines is 1. The Morgan fingerprint density at radius 1 is 1.30 bits per heavy atom. The van der Waals surface area contributed by atoms with Crippen LogP contribution in [0.1, 0.15) is 39.0 Å². The van der Waals surface area contributed by atoms with Crippen LogP contribution in [0.3, 0.4) is 0 Å². The first-order chi connectivity index (χ1) is 11.0. The molecule has 0 fully saturated rings. The first-order valence-electron chi connectivity index (χ1n) is 7.15. The third kappa shape index (κ3) is 3.50. The van der Waals surface area contributed by atoms with Crippen LogP contribution < -0.4 is 10.1 Å². The van der Waals surface area contributed by atoms with Gasteiger partial charge in [-0.05, 0) is 32.4 Å². The van der Waals surface area contributed by atoms with Crippen molar-refractivity contribution in [3.05, 3.63) is 40.8 Å². The number of aromatic nitrogens is 2. The summed E-state index contributed by atoms with van der Waals surface area (Å²) in [5.74, 6) is -0.335. The van der Waals surface area contributed by atoms with Gasteiger partial charge in [0, 0.05) is 11.8 Å². The molecule has 0 aliphatic carbocycles. The van der Waals surface area contributed by atoms with E-state index in [0.717, 1.165) is 0 Å². The number of esters is 1. The van der Waals surface area contributed by atoms with Crippen LogP contribution in [0.5, 0.6) is 5.88 Å². The van der Waals surface area contributed by atoms with Gasteiger partial charge in [0.1, 0.15) is 5.69 Å². The number of amides is 1. The summed E-state index contributed by atoms with van der Waals surface area (Å²) in [6.07, 6.45) is 1.50. The molecule has 1 amide bonds. The lowest BCUT2D eigenvalue weighted by Gasteiger charge is -2.06. The minimum Gasteiger partial charge on any atom is -0.481 e. The third-order valence-corrected chi connectivity index (χ3v) is 3.35. The predicted molar refractivity (Wildman–Crippen MR) is 85.0 cm³/mol. The van der Waals surface area contributed by atoms with E-state index in [0.29, 0.717) is 34.1 Å². The first-order valence-corrected chi connectivity index (χ1v) is 7.15. The Hall–Kier alpha value is -2.83. The van der Waals surface area contributed by atoms with Gasteiger partial charge in [0.05, 0.1) is 31.2 Å². The topological polar surface area (TPSA) is 93.3 Å². The number of carbonyl (C=O) groups excluding carboxylic acids is 2. The smallest absolute Gasteiger partial charge is 0.355 e. The molecule has 0 atom stereocenters. The maximum Gasteiger partial charge on any atom is 0.355 e. The van der Waals surface area contributed by atoms with Crippen LogP contribution in [0.15, 0.2) is 18.3 Å². The molecule has 7 heteroatoms. The van der Waals surface area contributed by atoms with E-state index in [-0.39, 0.29) is 12.5 Å². The number of carbonyl (C=O) groups is 2. The van der Waals surface area contributed by atoms with Gasteiger partial charge in [-0.2, -0.15) is 0 Å². The van der Waals surface area contributed by atoms with E-state index in [1.807, 2.05) is 0 Å². The molecule has 2 heterocycles. The SMILES string of the molecule is CCOC(=O)c1[nH]c(C)c(C(=O)Nc2ccc(OC)nc2)c1C. The standard InChI is InChI=1S/C16H19N3O4/c1-5-23-16(21)14-9(2)13(10(3)18-14)15(20)19-11-6-7-12(22-4)17-8-11/h6-8,18H,5H2,1-4H3,(H,19,20). The van der Waals surface area contributed by atoms with E-state index in [1.165, 1.54) is 13.3 Å². The highest BCUT2D eigenvalue weighted by molar-refractivity contribution is 6.08. The lowest BCUT2D eigenvalue weighted by atomic mass is 10.1. The van der Waals surface area contributed by atoms with Gasteiger partial charge in [0.2, 0.25) is 5.88 Å². The second-order valence-corrected chi connectivity index (χ2v) is 4.89. The van der Waals surface area contributed by atoms with Crippen molar-refractivity contribution in [3.63, 3.8) is 0 Å². The second kappa shape index (κ2) is 6.95. The van der Waals surface area contributed by atoms with Crippen LogP contribution in [-0.2, 0) is 4.74 Å². The second-order valence-electron chi connectivity index (χ2n) is 4.89. The zero-order chi connectivity index (χ0) is 17.0. The summed E-state index contributed by atoms with van der Waals surface area (Å²) in [5.41, 5.74) is 2.41. The van der Waals surface area contributed by atoms with Crippen LogP contribution >= 0.6 is 0 Å². The maximum absolute atomic E-state index is 12.5. The number of ether oxygens (including phenoxy) is 2. The summed E-state index contributed by atoms with van der Waals surface area (Å²) in [7, 11) is 1.52. The molecule has 0 aliphatic heterocycles. The maximum atomic E-state index is 12.5. The number of aryl methyl sites for hydroxylation is 1. The molecule has 7 nitrogen and oxygen atoms in total. The number of aromatic amines is 1. The molecule has 0 bridgehead atoms. The number of hydrogen-bond acceptors (Lipinski definition) is 5. The van der Waals surface area contributed by atoms with E-state index in [9.17, 15) is 9.59 Å². The van der Waals surface area contributed by atoms with Gasteiger partial charge in [-0.3, -0.25) is 4.79 Å². The minimum absolute atomic E-state index is 0.273. The van der Waals surface area contributed by atoms with Crippen molar-refractivity contribution in [3.8, 4) is 5.88 Å². The van der Waals surface area contributed by atoms with Crippen LogP contribution in [0.2, 0.25) is 0 Å². The zero-order valence-corrected chi connectivity index (χ0v) is 13.5. The minimum atomic E-state index is -0.474. The summed E-state index contributed by atoms with van der Waals surface area (Å²) >= 11 is 0. The Bertz CT molecular complexity index is 720. The number of methoxy groups -OCH3 is 1. The number of pyridine rings is 1. The van der Waals surface area contributed by atoms with E-state index < -0.39 is 5.97 Å². The number of H-pyrrole nitrogens is 1. The van der Waals surface area contributed by atoms with Crippen LogP contribution in [0.25, 0.3) is 0 Å². The van der Waals surface area contributed by atoms with Gasteiger partial charge in [0.25, 0.3) is 5.91 Å². The molecular weight excluding hydrogens is 298 g/mol. The Labute approximate surface area is 134 Å². The molecular formula is C16H19N3O4. The Morgan fingerprint density at radius 2 is 2.04 bits per heavy atom. The summed E-state index contributed by atoms with van der Waals surface area (Å²) in [6, 6.07) is 3.34. The quantitative estimate of drug-likeness (QED) is 0.826. The summed E-state index contributed by atoms with van der Waals surface area (Å²) in [4.78, 5) is 31.3. The highest BCUT2D eigenvalue weighted by atomic mass is 16.5. The molecule has 23 heavy (non-hydrogen) atoms. The van der Waals surface area contributed by atoms with Gasteiger partial charge < -0.3 is 19.8 Å². The molecule has 0 spiro atoms. The predicted octanol–water partition coefficient (Wildman–Crippen LogP) is 2.46. The van der Waals surface area contributed by atoms with Gasteiger partial charge >= 0.3 is 5.97 Å². The number of rotatable bonds is 5. The third-order valence-electron chi connectivity index (χ3n) is 3.35. The van der Waals surface area contributed by atoms with Gasteiger partial charge in [0.15, 0.2) is 0 Å². The van der Waals surface area contributed by atoms with E-state index in [4.69, 9.17) is 9.47 Å². The molecule has 122 valence electrons. The van der Waals surface area contributed by atoms with Crippen LogP contribution in [0.4, 0.5) is 5.69 Å².